The van der Waals surface area contributed by atoms with Crippen molar-refractivity contribution in [2.45, 2.75) is 26.9 Å². The number of nitrogens with zero attached hydrogens (tertiary/aromatic N) is 1. The zero-order valence-corrected chi connectivity index (χ0v) is 14.9. The van der Waals surface area contributed by atoms with Gasteiger partial charge in [0.05, 0.1) is 6.54 Å². The van der Waals surface area contributed by atoms with Gasteiger partial charge >= 0.3 is 0 Å². The minimum absolute atomic E-state index is 0.0109. The van der Waals surface area contributed by atoms with E-state index in [1.807, 2.05) is 36.4 Å². The van der Waals surface area contributed by atoms with Crippen LogP contribution in [0, 0.1) is 17.2 Å². The Kier molecular flexibility index (Phi) is 5.03. The van der Waals surface area contributed by atoms with Crippen LogP contribution < -0.4 is 0 Å². The maximum absolute atomic E-state index is 14.4. The lowest BCUT2D eigenvalue weighted by Gasteiger charge is -2.34. The Morgan fingerprint density at radius 2 is 1.72 bits per heavy atom. The van der Waals surface area contributed by atoms with E-state index < -0.39 is 0 Å². The largest absolute Gasteiger partial charge is 0.472 e. The molecule has 1 aliphatic heterocycles. The first-order valence-electron chi connectivity index (χ1n) is 8.64. The molecule has 3 heteroatoms. The van der Waals surface area contributed by atoms with Crippen LogP contribution in [0.2, 0.25) is 0 Å². The quantitative estimate of drug-likeness (QED) is 0.707. The summed E-state index contributed by atoms with van der Waals surface area (Å²) in [5, 5.41) is 0. The van der Waals surface area contributed by atoms with Crippen LogP contribution in [-0.4, -0.2) is 12.4 Å². The van der Waals surface area contributed by atoms with Crippen molar-refractivity contribution in [3.63, 3.8) is 0 Å². The minimum atomic E-state index is -0.368. The maximum atomic E-state index is 14.4. The van der Waals surface area contributed by atoms with E-state index in [-0.39, 0.29) is 23.3 Å². The number of halogens is 1. The minimum Gasteiger partial charge on any atom is -0.472 e. The Bertz CT molecular complexity index is 774. The third-order valence-corrected chi connectivity index (χ3v) is 4.26. The Morgan fingerprint density at radius 3 is 2.40 bits per heavy atom. The molecule has 0 fully saturated rings. The van der Waals surface area contributed by atoms with E-state index >= 15 is 0 Å². The highest BCUT2D eigenvalue weighted by Crippen LogP contribution is 2.36. The van der Waals surface area contributed by atoms with E-state index in [4.69, 9.17) is 4.74 Å². The van der Waals surface area contributed by atoms with Gasteiger partial charge in [0.2, 0.25) is 0 Å². The lowest BCUT2D eigenvalue weighted by molar-refractivity contribution is 0.108. The number of ether oxygens (including phenoxy) is 1. The zero-order chi connectivity index (χ0) is 17.9. The second kappa shape index (κ2) is 7.22. The molecule has 2 nitrogen and oxygen atoms in total. The summed E-state index contributed by atoms with van der Waals surface area (Å²) in [6.45, 7) is 6.77. The molecule has 25 heavy (non-hydrogen) atoms. The predicted molar refractivity (Wildman–Crippen MR) is 101 cm³/mol. The van der Waals surface area contributed by atoms with Crippen molar-refractivity contribution >= 4 is 12.0 Å². The topological polar surface area (TPSA) is 21.6 Å². The van der Waals surface area contributed by atoms with Gasteiger partial charge in [-0.05, 0) is 11.6 Å². The number of hydrogen-bond donors (Lipinski definition) is 0. The highest BCUT2D eigenvalue weighted by atomic mass is 19.1. The molecule has 2 unspecified atom stereocenters. The van der Waals surface area contributed by atoms with Gasteiger partial charge in [-0.2, -0.15) is 0 Å². The van der Waals surface area contributed by atoms with E-state index in [2.05, 4.69) is 37.9 Å². The summed E-state index contributed by atoms with van der Waals surface area (Å²) in [5.74, 6) is 0.439. The van der Waals surface area contributed by atoms with Gasteiger partial charge in [0.1, 0.15) is 11.9 Å². The zero-order valence-electron chi connectivity index (χ0n) is 14.9. The Hall–Kier alpha value is -2.42. The van der Waals surface area contributed by atoms with Crippen molar-refractivity contribution in [2.75, 3.05) is 6.54 Å². The first-order valence-corrected chi connectivity index (χ1v) is 8.64. The molecule has 0 bridgehead atoms. The molecule has 1 heterocycles. The van der Waals surface area contributed by atoms with Crippen molar-refractivity contribution in [2.24, 2.45) is 16.3 Å². The molecular weight excluding hydrogens is 313 g/mol. The van der Waals surface area contributed by atoms with Gasteiger partial charge in [0.25, 0.3) is 0 Å². The van der Waals surface area contributed by atoms with Crippen LogP contribution in [-0.2, 0) is 4.74 Å². The third kappa shape index (κ3) is 4.16. The molecule has 2 aromatic rings. The van der Waals surface area contributed by atoms with E-state index in [0.29, 0.717) is 18.0 Å². The number of aliphatic imine (C=N–C) groups is 1. The SMILES string of the molecule is CC(C)(C)C1=NCC(/C=C/c2ccccc2)C(c2ccccc2F)O1. The van der Waals surface area contributed by atoms with Gasteiger partial charge in [-0.1, -0.05) is 81.5 Å². The lowest BCUT2D eigenvalue weighted by Crippen LogP contribution is -2.33. The number of hydrogen-bond acceptors (Lipinski definition) is 2. The summed E-state index contributed by atoms with van der Waals surface area (Å²) >= 11 is 0. The predicted octanol–water partition coefficient (Wildman–Crippen LogP) is 5.67. The fourth-order valence-corrected chi connectivity index (χ4v) is 2.90. The summed E-state index contributed by atoms with van der Waals surface area (Å²) in [4.78, 5) is 4.62. The van der Waals surface area contributed by atoms with Gasteiger partial charge in [0, 0.05) is 16.9 Å². The molecule has 0 saturated heterocycles. The Balaban J connectivity index is 1.93. The van der Waals surface area contributed by atoms with E-state index in [9.17, 15) is 4.39 Å². The van der Waals surface area contributed by atoms with Gasteiger partial charge in [-0.15, -0.1) is 0 Å². The van der Waals surface area contributed by atoms with Gasteiger partial charge < -0.3 is 4.74 Å². The second-order valence-electron chi connectivity index (χ2n) is 7.39. The molecule has 0 spiro atoms. The van der Waals surface area contributed by atoms with Crippen LogP contribution in [0.3, 0.4) is 0 Å². The molecule has 0 amide bonds. The molecular formula is C22H24FNO. The summed E-state index contributed by atoms with van der Waals surface area (Å²) in [6, 6.07) is 16.9. The standard InChI is InChI=1S/C22H24FNO/c1-22(2,3)21-24-15-17(14-13-16-9-5-4-6-10-16)20(25-21)18-11-7-8-12-19(18)23/h4-14,17,20H,15H2,1-3H3/b14-13+. The van der Waals surface area contributed by atoms with Gasteiger partial charge in [-0.25, -0.2) is 4.39 Å². The molecule has 2 atom stereocenters. The summed E-state index contributed by atoms with van der Waals surface area (Å²) in [5.41, 5.74) is 1.50. The molecule has 0 aromatic heterocycles. The summed E-state index contributed by atoms with van der Waals surface area (Å²) in [6.07, 6.45) is 3.77. The molecule has 2 aromatic carbocycles. The van der Waals surface area contributed by atoms with Crippen molar-refractivity contribution in [3.8, 4) is 0 Å². The van der Waals surface area contributed by atoms with Crippen molar-refractivity contribution in [1.82, 2.24) is 0 Å². The van der Waals surface area contributed by atoms with Crippen LogP contribution in [0.1, 0.15) is 38.0 Å². The molecule has 0 aliphatic carbocycles. The third-order valence-electron chi connectivity index (χ3n) is 4.26. The summed E-state index contributed by atoms with van der Waals surface area (Å²) < 4.78 is 20.6. The van der Waals surface area contributed by atoms with Gasteiger partial charge in [0.15, 0.2) is 5.90 Å². The molecule has 1 aliphatic rings. The molecule has 0 N–H and O–H groups in total. The maximum Gasteiger partial charge on any atom is 0.189 e. The average molecular weight is 337 g/mol. The van der Waals surface area contributed by atoms with Crippen LogP contribution in [0.25, 0.3) is 6.08 Å². The highest BCUT2D eigenvalue weighted by Gasteiger charge is 2.34. The normalized spacial score (nSPS) is 21.0. The first kappa shape index (κ1) is 17.4. The van der Waals surface area contributed by atoms with Crippen LogP contribution >= 0.6 is 0 Å². The van der Waals surface area contributed by atoms with E-state index in [1.165, 1.54) is 6.07 Å². The smallest absolute Gasteiger partial charge is 0.189 e. The highest BCUT2D eigenvalue weighted by molar-refractivity contribution is 5.82. The van der Waals surface area contributed by atoms with Crippen molar-refractivity contribution in [1.29, 1.82) is 0 Å². The van der Waals surface area contributed by atoms with Crippen molar-refractivity contribution < 1.29 is 9.13 Å². The molecule has 0 radical (unpaired) electrons. The van der Waals surface area contributed by atoms with Crippen LogP contribution in [0.4, 0.5) is 4.39 Å². The fourth-order valence-electron chi connectivity index (χ4n) is 2.90. The summed E-state index contributed by atoms with van der Waals surface area (Å²) in [7, 11) is 0. The monoisotopic (exact) mass is 337 g/mol. The molecule has 3 rings (SSSR count). The second-order valence-corrected chi connectivity index (χ2v) is 7.39. The van der Waals surface area contributed by atoms with Crippen LogP contribution in [0.15, 0.2) is 65.7 Å². The van der Waals surface area contributed by atoms with Crippen LogP contribution in [0.5, 0.6) is 0 Å². The first-order chi connectivity index (χ1) is 11.9. The lowest BCUT2D eigenvalue weighted by atomic mass is 9.90. The average Bonchev–Trinajstić information content (AvgIpc) is 2.60. The van der Waals surface area contributed by atoms with E-state index in [1.54, 1.807) is 12.1 Å². The Morgan fingerprint density at radius 1 is 1.04 bits per heavy atom. The Labute approximate surface area is 149 Å². The molecule has 0 saturated carbocycles. The number of benzene rings is 2. The van der Waals surface area contributed by atoms with E-state index in [0.717, 1.165) is 5.56 Å². The van der Waals surface area contributed by atoms with Gasteiger partial charge in [-0.3, -0.25) is 4.99 Å². The number of rotatable bonds is 3. The fraction of sp³-hybridized carbons (Fsp3) is 0.318. The van der Waals surface area contributed by atoms with Crippen molar-refractivity contribution in [3.05, 3.63) is 77.6 Å². The molecule has 130 valence electrons.